The van der Waals surface area contributed by atoms with Crippen LogP contribution < -0.4 is 58.5 Å². The molecule has 0 radical (unpaired) electrons. The van der Waals surface area contributed by atoms with Gasteiger partial charge in [0, 0.05) is 103 Å². The number of anilines is 2. The molecule has 0 aliphatic heterocycles. The number of nitrogens with zero attached hydrogens (tertiary/aromatic N) is 5. The summed E-state index contributed by atoms with van der Waals surface area (Å²) < 4.78 is 0. The van der Waals surface area contributed by atoms with Crippen molar-refractivity contribution >= 4 is 122 Å². The smallest absolute Gasteiger partial charge is 0.299 e. The first-order chi connectivity index (χ1) is 43.8. The number of rotatable bonds is 39. The van der Waals surface area contributed by atoms with Crippen molar-refractivity contribution in [1.29, 1.82) is 0 Å². The molecule has 5 rings (SSSR count). The van der Waals surface area contributed by atoms with Crippen LogP contribution in [0.15, 0.2) is 85.5 Å². The van der Waals surface area contributed by atoms with E-state index in [1.807, 2.05) is 25.0 Å². The number of nitro groups is 2. The van der Waals surface area contributed by atoms with Gasteiger partial charge in [0.2, 0.25) is 47.3 Å². The third kappa shape index (κ3) is 21.9. The number of alkyl halides is 2. The Balaban J connectivity index is 1.40. The number of fused-ring (bicyclic) bond motifs is 1. The van der Waals surface area contributed by atoms with Gasteiger partial charge in [-0.25, -0.2) is 4.98 Å². The number of nitro benzene ring substituents is 2. The predicted octanol–water partition coefficient (Wildman–Crippen LogP) is 3.22. The summed E-state index contributed by atoms with van der Waals surface area (Å²) in [5.41, 5.74) is 11.5. The number of amides is 9. The van der Waals surface area contributed by atoms with Gasteiger partial charge in [0.25, 0.3) is 17.3 Å². The summed E-state index contributed by atoms with van der Waals surface area (Å²) in [5.74, 6) is -7.17. The number of hydrogen-bond donors (Lipinski definition) is 11. The van der Waals surface area contributed by atoms with Crippen LogP contribution >= 0.6 is 35.0 Å². The Hall–Kier alpha value is -8.87. The van der Waals surface area contributed by atoms with Crippen LogP contribution in [-0.2, 0) is 51.2 Å². The minimum Gasteiger partial charge on any atom is -0.370 e. The van der Waals surface area contributed by atoms with Gasteiger partial charge in [-0.3, -0.25) is 68.3 Å². The van der Waals surface area contributed by atoms with Crippen LogP contribution in [-0.4, -0.2) is 170 Å². The normalized spacial score (nSPS) is 13.5. The molecule has 9 amide bonds. The van der Waals surface area contributed by atoms with Crippen molar-refractivity contribution in [3.63, 3.8) is 0 Å². The summed E-state index contributed by atoms with van der Waals surface area (Å²) in [7, 11) is 0. The molecule has 498 valence electrons. The lowest BCUT2D eigenvalue weighted by Crippen LogP contribution is -2.59. The summed E-state index contributed by atoms with van der Waals surface area (Å²) in [6, 6.07) is 7.20. The van der Waals surface area contributed by atoms with Gasteiger partial charge in [-0.15, -0.1) is 23.2 Å². The maximum atomic E-state index is 14.9. The van der Waals surface area contributed by atoms with Crippen LogP contribution in [0.5, 0.6) is 0 Å². The van der Waals surface area contributed by atoms with Crippen molar-refractivity contribution in [2.24, 2.45) is 23.3 Å². The number of thioether (sulfide) groups is 1. The van der Waals surface area contributed by atoms with Gasteiger partial charge < -0.3 is 63.6 Å². The number of primary amides is 2. The first-order valence-corrected chi connectivity index (χ1v) is 32.1. The van der Waals surface area contributed by atoms with Crippen molar-refractivity contribution in [3.05, 3.63) is 123 Å². The van der Waals surface area contributed by atoms with Crippen molar-refractivity contribution in [2.45, 2.75) is 115 Å². The Morgan fingerprint density at radius 3 is 2.02 bits per heavy atom. The van der Waals surface area contributed by atoms with E-state index in [1.165, 1.54) is 43.3 Å². The Morgan fingerprint density at radius 1 is 0.739 bits per heavy atom. The molecule has 7 atom stereocenters. The molecule has 92 heavy (non-hydrogen) atoms. The molecular weight excluding hydrogens is 1260 g/mol. The Kier molecular flexibility index (Phi) is 29.1. The molecule has 5 aromatic rings. The van der Waals surface area contributed by atoms with Crippen molar-refractivity contribution < 1.29 is 53.0 Å². The zero-order valence-corrected chi connectivity index (χ0v) is 54.2. The van der Waals surface area contributed by atoms with Crippen molar-refractivity contribution in [2.75, 3.05) is 59.7 Å². The number of benzene rings is 3. The van der Waals surface area contributed by atoms with Gasteiger partial charge in [0.1, 0.15) is 35.9 Å². The van der Waals surface area contributed by atoms with E-state index in [2.05, 4.69) is 52.2 Å². The molecule has 0 unspecified atom stereocenters. The second-order valence-electron chi connectivity index (χ2n) is 22.5. The molecule has 3 aromatic carbocycles. The van der Waals surface area contributed by atoms with Gasteiger partial charge in [-0.05, 0) is 92.0 Å². The molecular formula is C60H80Cl2N16O13S. The molecule has 29 nitrogen and oxygen atoms in total. The average molecular weight is 1340 g/mol. The summed E-state index contributed by atoms with van der Waals surface area (Å²) in [5, 5.41) is 44.4. The number of aromatic amines is 2. The predicted molar refractivity (Wildman–Crippen MR) is 350 cm³/mol. The summed E-state index contributed by atoms with van der Waals surface area (Å²) in [6.45, 7) is 8.26. The molecule has 13 N–H and O–H groups in total. The highest BCUT2D eigenvalue weighted by Crippen LogP contribution is 2.34. The van der Waals surface area contributed by atoms with Gasteiger partial charge >= 0.3 is 0 Å². The highest BCUT2D eigenvalue weighted by Gasteiger charge is 2.39. The van der Waals surface area contributed by atoms with E-state index in [0.717, 1.165) is 22.7 Å². The number of aromatic nitrogens is 3. The van der Waals surface area contributed by atoms with E-state index in [1.54, 1.807) is 56.4 Å². The quantitative estimate of drug-likeness (QED) is 0.0153. The number of nitrogens with one attached hydrogen (secondary N) is 9. The van der Waals surface area contributed by atoms with E-state index in [9.17, 15) is 63.4 Å². The lowest BCUT2D eigenvalue weighted by molar-refractivity contribution is -0.393. The van der Waals surface area contributed by atoms with Gasteiger partial charge in [-0.1, -0.05) is 45.9 Å². The number of H-pyrrole nitrogens is 2. The Morgan fingerprint density at radius 2 is 1.42 bits per heavy atom. The number of carbonyl (C=O) groups is 9. The molecule has 0 fully saturated rings. The third-order valence-corrected chi connectivity index (χ3v) is 15.8. The molecule has 0 aliphatic carbocycles. The highest BCUT2D eigenvalue weighted by atomic mass is 35.5. The fourth-order valence-electron chi connectivity index (χ4n) is 10.0. The summed E-state index contributed by atoms with van der Waals surface area (Å²) >= 11 is 13.5. The summed E-state index contributed by atoms with van der Waals surface area (Å²) in [4.78, 5) is 161. The van der Waals surface area contributed by atoms with Gasteiger partial charge in [0.15, 0.2) is 0 Å². The number of carbonyl (C=O) groups excluding carboxylic acids is 9. The molecule has 0 aliphatic rings. The first-order valence-electron chi connectivity index (χ1n) is 29.6. The van der Waals surface area contributed by atoms with Crippen LogP contribution in [0.2, 0.25) is 0 Å². The average Bonchev–Trinajstić information content (AvgIpc) is 0.973. The number of hydrogen-bond acceptors (Lipinski definition) is 17. The minimum absolute atomic E-state index is 0.0294. The largest absolute Gasteiger partial charge is 0.370 e. The van der Waals surface area contributed by atoms with Crippen LogP contribution in [0.1, 0.15) is 81.9 Å². The molecule has 0 spiro atoms. The molecule has 2 aromatic heterocycles. The van der Waals surface area contributed by atoms with Crippen LogP contribution in [0, 0.1) is 32.1 Å². The van der Waals surface area contributed by atoms with E-state index >= 15 is 0 Å². The van der Waals surface area contributed by atoms with Gasteiger partial charge in [-0.2, -0.15) is 11.8 Å². The SMILES string of the molecule is CSCC[C@H](NC[C@H](CC(C)C)NC(=O)[C@H](Cc1cnc[nH]1)N(C(=O)CNC(=O)[C@@H](NC(=O)[C@H](C)NC(=O)[C@H](Cc1c[nH]c2ccccc12)NC(=O)[C@H](CCC(N)=O)NC(=O)c1ccc(N(CCCl)CCCl)cc1)C(C)C)c1ccc([N+](=O)[O-])cc1[N+](=O)[O-])C(N)=O. The molecule has 0 bridgehead atoms. The highest BCUT2D eigenvalue weighted by molar-refractivity contribution is 7.98. The fraction of sp³-hybridized carbons (Fsp3) is 0.467. The molecule has 0 saturated carbocycles. The number of halogens is 2. The Labute approximate surface area is 545 Å². The molecule has 0 saturated heterocycles. The standard InChI is InChI=1S/C60H80Cl2N16O13S/c1-34(2)25-40(31-67-45(54(64)81)19-24-92-6)71-59(86)50(27-39-30-65-33-69-39)76(48-17-15-42(77(88)89)28-49(48)78(90)91)52(80)32-68-60(87)53(35(3)4)74-55(82)36(5)70-58(85)47(26-38-29-66-44-10-8-7-9-43(38)44)73-57(84)46(16-18-51(63)79)72-56(83)37-11-13-41(14-12-37)75(22-20-61)23-21-62/h7-15,17,28-30,33-36,40,45-47,50,53,66-67H,16,18-27,31-32H2,1-6H3,(H2,63,79)(H2,64,81)(H,65,69)(H,68,87)(H,70,85)(H,71,86)(H,72,83)(H,73,84)(H,74,82)/t36-,40-,45-,46-,47-,50-,53-/m0/s1. The lowest BCUT2D eigenvalue weighted by atomic mass is 10.0. The van der Waals surface area contributed by atoms with Crippen LogP contribution in [0.3, 0.4) is 0 Å². The maximum absolute atomic E-state index is 14.9. The topological polar surface area (TPSA) is 427 Å². The van der Waals surface area contributed by atoms with E-state index in [-0.39, 0.29) is 49.4 Å². The number of para-hydroxylation sites is 1. The van der Waals surface area contributed by atoms with E-state index in [0.29, 0.717) is 66.0 Å². The second-order valence-corrected chi connectivity index (χ2v) is 24.2. The minimum atomic E-state index is -1.68. The molecule has 2 heterocycles. The number of non-ortho nitro benzene ring substituents is 1. The number of nitrogens with two attached hydrogens (primary N) is 2. The maximum Gasteiger partial charge on any atom is 0.299 e. The van der Waals surface area contributed by atoms with Gasteiger partial charge in [0.05, 0.1) is 34.8 Å². The lowest BCUT2D eigenvalue weighted by Gasteiger charge is -2.33. The van der Waals surface area contributed by atoms with E-state index < -0.39 is 135 Å². The van der Waals surface area contributed by atoms with Crippen molar-refractivity contribution in [3.8, 4) is 0 Å². The molecule has 32 heteroatoms. The zero-order chi connectivity index (χ0) is 67.8. The Bertz CT molecular complexity index is 3370. The van der Waals surface area contributed by atoms with Crippen LogP contribution in [0.4, 0.5) is 22.7 Å². The first kappa shape index (κ1) is 73.9. The third-order valence-electron chi connectivity index (χ3n) is 14.8. The fourth-order valence-corrected chi connectivity index (χ4v) is 10.9. The summed E-state index contributed by atoms with van der Waals surface area (Å²) in [6.07, 6.45) is 5.74. The van der Waals surface area contributed by atoms with Crippen molar-refractivity contribution in [1.82, 2.24) is 52.2 Å². The number of imidazole rings is 1. The second kappa shape index (κ2) is 36.2. The zero-order valence-electron chi connectivity index (χ0n) is 51.8. The van der Waals surface area contributed by atoms with E-state index in [4.69, 9.17) is 34.7 Å². The van der Waals surface area contributed by atoms with Crippen LogP contribution in [0.25, 0.3) is 10.9 Å². The monoisotopic (exact) mass is 1330 g/mol.